The van der Waals surface area contributed by atoms with E-state index in [-0.39, 0.29) is 11.6 Å². The summed E-state index contributed by atoms with van der Waals surface area (Å²) in [5, 5.41) is 13.3. The van der Waals surface area contributed by atoms with Gasteiger partial charge < -0.3 is 5.32 Å². The minimum absolute atomic E-state index is 0.0388. The molecule has 3 heterocycles. The molecule has 37 heavy (non-hydrogen) atoms. The Kier molecular flexibility index (Phi) is 7.38. The van der Waals surface area contributed by atoms with Gasteiger partial charge in [-0.2, -0.15) is 5.26 Å². The van der Waals surface area contributed by atoms with E-state index in [0.717, 1.165) is 45.2 Å². The van der Waals surface area contributed by atoms with E-state index < -0.39 is 5.82 Å². The Morgan fingerprint density at radius 3 is 2.89 bits per heavy atom. The van der Waals surface area contributed by atoms with Gasteiger partial charge in [-0.05, 0) is 59.2 Å². The first-order valence-corrected chi connectivity index (χ1v) is 12.9. The minimum atomic E-state index is -0.518. The molecule has 0 radical (unpaired) electrons. The van der Waals surface area contributed by atoms with Crippen LogP contribution in [-0.2, 0) is 19.5 Å². The van der Waals surface area contributed by atoms with E-state index in [9.17, 15) is 9.18 Å². The van der Waals surface area contributed by atoms with Crippen molar-refractivity contribution in [2.75, 3.05) is 13.1 Å². The number of carbonyl (C=O) groups is 1. The Hall–Kier alpha value is -3.51. The number of amides is 1. The van der Waals surface area contributed by atoms with Crippen LogP contribution in [0.4, 0.5) is 9.18 Å². The van der Waals surface area contributed by atoms with Crippen LogP contribution in [0.5, 0.6) is 0 Å². The van der Waals surface area contributed by atoms with E-state index in [4.69, 9.17) is 16.9 Å². The second-order valence-electron chi connectivity index (χ2n) is 8.81. The molecule has 0 aliphatic carbocycles. The summed E-state index contributed by atoms with van der Waals surface area (Å²) in [6.45, 7) is 2.49. The van der Waals surface area contributed by atoms with Crippen molar-refractivity contribution in [3.8, 4) is 6.07 Å². The molecule has 1 aliphatic heterocycles. The van der Waals surface area contributed by atoms with E-state index in [1.807, 2.05) is 36.4 Å². The molecule has 186 valence electrons. The molecule has 0 saturated heterocycles. The van der Waals surface area contributed by atoms with Gasteiger partial charge in [-0.3, -0.25) is 9.47 Å². The maximum atomic E-state index is 13.9. The van der Waals surface area contributed by atoms with Crippen LogP contribution in [0.15, 0.2) is 65.3 Å². The molecule has 2 aromatic carbocycles. The van der Waals surface area contributed by atoms with Gasteiger partial charge in [0, 0.05) is 54.3 Å². The molecule has 0 unspecified atom stereocenters. The topological polar surface area (TPSA) is 74.0 Å². The number of aromatic nitrogens is 2. The number of rotatable bonds is 5. The van der Waals surface area contributed by atoms with Gasteiger partial charge in [0.2, 0.25) is 0 Å². The third-order valence-corrected chi connectivity index (χ3v) is 7.11. The van der Waals surface area contributed by atoms with Crippen molar-refractivity contribution in [3.63, 3.8) is 0 Å². The molecule has 5 rings (SSSR count). The monoisotopic (exact) mass is 577 g/mol. The zero-order valence-corrected chi connectivity index (χ0v) is 22.1. The van der Waals surface area contributed by atoms with Crippen molar-refractivity contribution in [2.45, 2.75) is 19.5 Å². The highest BCUT2D eigenvalue weighted by Crippen LogP contribution is 2.33. The minimum Gasteiger partial charge on any atom is -0.333 e. The Bertz CT molecular complexity index is 1580. The lowest BCUT2D eigenvalue weighted by molar-refractivity contribution is 0.240. The van der Waals surface area contributed by atoms with Gasteiger partial charge >= 0.3 is 6.03 Å². The van der Waals surface area contributed by atoms with E-state index in [0.29, 0.717) is 30.4 Å². The summed E-state index contributed by atoms with van der Waals surface area (Å²) in [4.78, 5) is 19.6. The smallest absolute Gasteiger partial charge is 0.326 e. The normalized spacial score (nSPS) is 13.6. The van der Waals surface area contributed by atoms with Crippen molar-refractivity contribution in [3.05, 3.63) is 104 Å². The molecule has 4 aromatic rings. The highest BCUT2D eigenvalue weighted by atomic mass is 79.9. The molecule has 0 spiro atoms. The number of nitrogens with zero attached hydrogens (tertiary/aromatic N) is 4. The average Bonchev–Trinajstić information content (AvgIpc) is 3.20. The summed E-state index contributed by atoms with van der Waals surface area (Å²) >= 11 is 9.55. The summed E-state index contributed by atoms with van der Waals surface area (Å²) in [5.74, 6) is -0.518. The van der Waals surface area contributed by atoms with Crippen LogP contribution in [0, 0.1) is 17.1 Å². The Labute approximate surface area is 227 Å². The maximum Gasteiger partial charge on any atom is 0.326 e. The standard InChI is InChI=1S/C28H22BrClFN5O/c29-21-5-6-25-22(14-21)23-17-35(10-1-2-18-3-4-20(15-32)24(31)12-18)11-8-26(23)36(25)28(37)34-16-19-7-9-33-27(30)13-19/h1-7,9,12-14H,8,10-11,16-17H2,(H,34,37). The third-order valence-electron chi connectivity index (χ3n) is 6.41. The van der Waals surface area contributed by atoms with Crippen molar-refractivity contribution in [1.29, 1.82) is 5.26 Å². The highest BCUT2D eigenvalue weighted by Gasteiger charge is 2.26. The van der Waals surface area contributed by atoms with E-state index in [1.165, 1.54) is 12.1 Å². The van der Waals surface area contributed by atoms with Crippen LogP contribution >= 0.6 is 27.5 Å². The van der Waals surface area contributed by atoms with Crippen LogP contribution in [0.3, 0.4) is 0 Å². The molecule has 0 fully saturated rings. The van der Waals surface area contributed by atoms with E-state index >= 15 is 0 Å². The maximum absolute atomic E-state index is 13.9. The van der Waals surface area contributed by atoms with Gasteiger partial charge in [-0.15, -0.1) is 0 Å². The van der Waals surface area contributed by atoms with Crippen LogP contribution in [0.2, 0.25) is 5.15 Å². The molecular weight excluding hydrogens is 557 g/mol. The van der Waals surface area contributed by atoms with E-state index in [2.05, 4.69) is 37.2 Å². The SMILES string of the molecule is N#Cc1ccc(C=CCN2CCc3c(c4cc(Br)ccc4n3C(=O)NCc3ccnc(Cl)c3)C2)cc1F. The zero-order valence-electron chi connectivity index (χ0n) is 19.7. The molecule has 9 heteroatoms. The molecule has 1 aliphatic rings. The third kappa shape index (κ3) is 5.44. The number of carbonyl (C=O) groups excluding carboxylic acids is 1. The number of hydrogen-bond acceptors (Lipinski definition) is 4. The molecule has 6 nitrogen and oxygen atoms in total. The van der Waals surface area contributed by atoms with Crippen molar-refractivity contribution in [1.82, 2.24) is 19.8 Å². The Morgan fingerprint density at radius 2 is 2.11 bits per heavy atom. The van der Waals surface area contributed by atoms with Crippen LogP contribution in [0.25, 0.3) is 17.0 Å². The van der Waals surface area contributed by atoms with Gasteiger partial charge in [0.25, 0.3) is 0 Å². The van der Waals surface area contributed by atoms with Crippen LogP contribution in [0.1, 0.15) is 27.9 Å². The lowest BCUT2D eigenvalue weighted by Gasteiger charge is -2.27. The number of hydrogen-bond donors (Lipinski definition) is 1. The largest absolute Gasteiger partial charge is 0.333 e. The zero-order chi connectivity index (χ0) is 25.9. The van der Waals surface area contributed by atoms with Gasteiger partial charge in [0.1, 0.15) is 17.0 Å². The molecule has 0 saturated carbocycles. The first kappa shape index (κ1) is 25.2. The summed E-state index contributed by atoms with van der Waals surface area (Å²) in [7, 11) is 0. The fraction of sp³-hybridized carbons (Fsp3) is 0.179. The molecule has 1 amide bonds. The lowest BCUT2D eigenvalue weighted by atomic mass is 10.0. The Balaban J connectivity index is 1.35. The van der Waals surface area contributed by atoms with E-state index in [1.54, 1.807) is 22.9 Å². The van der Waals surface area contributed by atoms with Crippen LogP contribution < -0.4 is 5.32 Å². The fourth-order valence-electron chi connectivity index (χ4n) is 4.65. The molecule has 0 bridgehead atoms. The number of benzene rings is 2. The van der Waals surface area contributed by atoms with Gasteiger partial charge in [0.05, 0.1) is 11.1 Å². The van der Waals surface area contributed by atoms with Gasteiger partial charge in [-0.25, -0.2) is 14.2 Å². The number of halogens is 3. The summed E-state index contributed by atoms with van der Waals surface area (Å²) in [6, 6.07) is 15.8. The number of nitriles is 1. The summed E-state index contributed by atoms with van der Waals surface area (Å²) in [5.41, 5.74) is 4.62. The predicted molar refractivity (Wildman–Crippen MR) is 146 cm³/mol. The fourth-order valence-corrected chi connectivity index (χ4v) is 5.20. The predicted octanol–water partition coefficient (Wildman–Crippen LogP) is 6.29. The molecule has 2 aromatic heterocycles. The number of pyridine rings is 1. The number of nitrogens with one attached hydrogen (secondary N) is 1. The second-order valence-corrected chi connectivity index (χ2v) is 10.1. The first-order chi connectivity index (χ1) is 17.9. The Morgan fingerprint density at radius 1 is 1.24 bits per heavy atom. The molecule has 0 atom stereocenters. The number of fused-ring (bicyclic) bond motifs is 3. The van der Waals surface area contributed by atoms with Crippen molar-refractivity contribution in [2.24, 2.45) is 0 Å². The van der Waals surface area contributed by atoms with Crippen molar-refractivity contribution >= 4 is 50.5 Å². The van der Waals surface area contributed by atoms with Crippen LogP contribution in [-0.4, -0.2) is 33.6 Å². The summed E-state index contributed by atoms with van der Waals surface area (Å²) in [6.07, 6.45) is 6.19. The van der Waals surface area contributed by atoms with Gasteiger partial charge in [-0.1, -0.05) is 45.7 Å². The lowest BCUT2D eigenvalue weighted by Crippen LogP contribution is -2.34. The second kappa shape index (κ2) is 10.9. The first-order valence-electron chi connectivity index (χ1n) is 11.7. The average molecular weight is 579 g/mol. The van der Waals surface area contributed by atoms with Crippen molar-refractivity contribution < 1.29 is 9.18 Å². The van der Waals surface area contributed by atoms with Gasteiger partial charge in [0.15, 0.2) is 0 Å². The quantitative estimate of drug-likeness (QED) is 0.282. The highest BCUT2D eigenvalue weighted by molar-refractivity contribution is 9.10. The molecular formula is C28H22BrClFN5O. The molecule has 1 N–H and O–H groups in total. The summed E-state index contributed by atoms with van der Waals surface area (Å²) < 4.78 is 16.6.